The van der Waals surface area contributed by atoms with Gasteiger partial charge in [-0.25, -0.2) is 0 Å². The molecule has 1 atom stereocenters. The van der Waals surface area contributed by atoms with Gasteiger partial charge in [0.1, 0.15) is 0 Å². The summed E-state index contributed by atoms with van der Waals surface area (Å²) in [7, 11) is 0. The molecule has 2 N–H and O–H groups in total. The van der Waals surface area contributed by atoms with Crippen molar-refractivity contribution in [2.24, 2.45) is 11.7 Å². The molecule has 0 aliphatic heterocycles. The predicted molar refractivity (Wildman–Crippen MR) is 149 cm³/mol. The molecule has 39 heavy (non-hydrogen) atoms. The van der Waals surface area contributed by atoms with Crippen molar-refractivity contribution in [3.8, 4) is 22.5 Å². The molecule has 1 saturated carbocycles. The lowest BCUT2D eigenvalue weighted by molar-refractivity contribution is -0.146. The first-order chi connectivity index (χ1) is 18.9. The van der Waals surface area contributed by atoms with Gasteiger partial charge in [-0.2, -0.15) is 0 Å². The van der Waals surface area contributed by atoms with Crippen LogP contribution in [0.5, 0.6) is 0 Å². The first kappa shape index (κ1) is 25.1. The van der Waals surface area contributed by atoms with Crippen LogP contribution in [0.15, 0.2) is 77.3 Å². The number of nitrogens with two attached hydrogens (primary N) is 1. The molecule has 1 aromatic heterocycles. The van der Waals surface area contributed by atoms with Gasteiger partial charge in [0.2, 0.25) is 5.91 Å². The van der Waals surface area contributed by atoms with Crippen LogP contribution in [0.25, 0.3) is 22.5 Å². The quantitative estimate of drug-likeness (QED) is 0.292. The standard InChI is InChI=1S/C33H32N2O4/c1-3-38-32(37)33(16-17-33)27-14-12-22(13-15-27)21-8-10-23(11-9-21)30-28(20(2)35-39-30)29(31(34)36)26-18-24-6-4-5-7-25(24)19-26/h4-15,26,29H,3,16-19H2,1-2H3,(H2,34,36). The number of hydrogen-bond acceptors (Lipinski definition) is 5. The summed E-state index contributed by atoms with van der Waals surface area (Å²) < 4.78 is 11.1. The lowest BCUT2D eigenvalue weighted by atomic mass is 9.81. The molecule has 1 amide bonds. The molecular weight excluding hydrogens is 488 g/mol. The van der Waals surface area contributed by atoms with Crippen molar-refractivity contribution in [3.63, 3.8) is 0 Å². The summed E-state index contributed by atoms with van der Waals surface area (Å²) in [6, 6.07) is 24.6. The van der Waals surface area contributed by atoms with Crippen molar-refractivity contribution in [2.75, 3.05) is 6.61 Å². The highest BCUT2D eigenvalue weighted by molar-refractivity contribution is 5.87. The van der Waals surface area contributed by atoms with E-state index in [9.17, 15) is 9.59 Å². The van der Waals surface area contributed by atoms with Crippen molar-refractivity contribution < 1.29 is 18.8 Å². The van der Waals surface area contributed by atoms with Gasteiger partial charge in [0.05, 0.1) is 23.6 Å². The van der Waals surface area contributed by atoms with Crippen LogP contribution in [0.1, 0.15) is 53.6 Å². The lowest BCUT2D eigenvalue weighted by Gasteiger charge is -2.21. The zero-order valence-electron chi connectivity index (χ0n) is 22.3. The molecule has 1 fully saturated rings. The van der Waals surface area contributed by atoms with E-state index < -0.39 is 11.3 Å². The lowest BCUT2D eigenvalue weighted by Crippen LogP contribution is -2.29. The third-order valence-corrected chi connectivity index (χ3v) is 8.41. The van der Waals surface area contributed by atoms with Gasteiger partial charge in [-0.15, -0.1) is 0 Å². The van der Waals surface area contributed by atoms with Crippen molar-refractivity contribution in [1.82, 2.24) is 5.16 Å². The Morgan fingerprint density at radius 1 is 0.949 bits per heavy atom. The smallest absolute Gasteiger partial charge is 0.316 e. The Morgan fingerprint density at radius 3 is 2.05 bits per heavy atom. The van der Waals surface area contributed by atoms with Gasteiger partial charge in [0, 0.05) is 11.1 Å². The average molecular weight is 521 g/mol. The number of primary amides is 1. The fourth-order valence-corrected chi connectivity index (χ4v) is 6.19. The molecular formula is C33H32N2O4. The molecule has 1 unspecified atom stereocenters. The topological polar surface area (TPSA) is 95.4 Å². The van der Waals surface area contributed by atoms with Crippen molar-refractivity contribution in [1.29, 1.82) is 0 Å². The number of carbonyl (C=O) groups excluding carboxylic acids is 2. The Hall–Kier alpha value is -4.19. The summed E-state index contributed by atoms with van der Waals surface area (Å²) in [5.41, 5.74) is 13.5. The van der Waals surface area contributed by atoms with Gasteiger partial charge in [-0.05, 0) is 73.3 Å². The van der Waals surface area contributed by atoms with Crippen LogP contribution in [0.3, 0.4) is 0 Å². The number of esters is 1. The maximum absolute atomic E-state index is 12.8. The first-order valence-electron chi connectivity index (χ1n) is 13.6. The van der Waals surface area contributed by atoms with Crippen LogP contribution >= 0.6 is 0 Å². The molecule has 3 aromatic carbocycles. The SMILES string of the molecule is CCOC(=O)C1(c2ccc(-c3ccc(-c4onc(C)c4C(C(N)=O)C4Cc5ccccc5C4)cc3)cc2)CC1. The second-order valence-electron chi connectivity index (χ2n) is 10.8. The summed E-state index contributed by atoms with van der Waals surface area (Å²) in [5.74, 6) is -0.303. The van der Waals surface area contributed by atoms with Crippen LogP contribution in [0, 0.1) is 12.8 Å². The number of aryl methyl sites for hydroxylation is 1. The van der Waals surface area contributed by atoms with E-state index in [2.05, 4.69) is 29.4 Å². The molecule has 198 valence electrons. The number of fused-ring (bicyclic) bond motifs is 1. The number of rotatable bonds is 8. The maximum Gasteiger partial charge on any atom is 0.316 e. The molecule has 0 saturated heterocycles. The number of ether oxygens (including phenoxy) is 1. The minimum atomic E-state index is -0.486. The number of amides is 1. The molecule has 0 spiro atoms. The molecule has 6 heteroatoms. The molecule has 0 radical (unpaired) electrons. The Kier molecular flexibility index (Phi) is 6.34. The second kappa shape index (κ2) is 9.84. The highest BCUT2D eigenvalue weighted by atomic mass is 16.5. The molecule has 6 nitrogen and oxygen atoms in total. The fourth-order valence-electron chi connectivity index (χ4n) is 6.19. The Morgan fingerprint density at radius 2 is 1.51 bits per heavy atom. The van der Waals surface area contributed by atoms with Gasteiger partial charge in [-0.3, -0.25) is 9.59 Å². The van der Waals surface area contributed by atoms with Crippen molar-refractivity contribution in [2.45, 2.75) is 50.9 Å². The first-order valence-corrected chi connectivity index (χ1v) is 13.6. The van der Waals surface area contributed by atoms with E-state index in [1.165, 1.54) is 11.1 Å². The van der Waals surface area contributed by atoms with E-state index in [1.807, 2.05) is 62.4 Å². The summed E-state index contributed by atoms with van der Waals surface area (Å²) in [6.45, 7) is 4.11. The molecule has 1 heterocycles. The Labute approximate surface area is 228 Å². The number of aromatic nitrogens is 1. The summed E-state index contributed by atoms with van der Waals surface area (Å²) >= 11 is 0. The number of nitrogens with zero attached hydrogens (tertiary/aromatic N) is 1. The van der Waals surface area contributed by atoms with Gasteiger partial charge in [0.15, 0.2) is 5.76 Å². The van der Waals surface area contributed by atoms with Crippen molar-refractivity contribution in [3.05, 3.63) is 101 Å². The van der Waals surface area contributed by atoms with Gasteiger partial charge >= 0.3 is 5.97 Å². The highest BCUT2D eigenvalue weighted by Gasteiger charge is 2.52. The normalized spacial score (nSPS) is 16.5. The second-order valence-corrected chi connectivity index (χ2v) is 10.8. The molecule has 4 aromatic rings. The zero-order chi connectivity index (χ0) is 27.1. The molecule has 6 rings (SSSR count). The largest absolute Gasteiger partial charge is 0.465 e. The van der Waals surface area contributed by atoms with E-state index in [0.717, 1.165) is 53.5 Å². The highest BCUT2D eigenvalue weighted by Crippen LogP contribution is 2.49. The fraction of sp³-hybridized carbons (Fsp3) is 0.303. The predicted octanol–water partition coefficient (Wildman–Crippen LogP) is 5.90. The number of hydrogen-bond donors (Lipinski definition) is 1. The summed E-state index contributed by atoms with van der Waals surface area (Å²) in [5, 5.41) is 4.24. The monoisotopic (exact) mass is 520 g/mol. The summed E-state index contributed by atoms with van der Waals surface area (Å²) in [6.07, 6.45) is 3.27. The van der Waals surface area contributed by atoms with E-state index in [0.29, 0.717) is 18.1 Å². The van der Waals surface area contributed by atoms with Crippen molar-refractivity contribution >= 4 is 11.9 Å². The van der Waals surface area contributed by atoms with Crippen LogP contribution in [-0.4, -0.2) is 23.6 Å². The van der Waals surface area contributed by atoms with Crippen LogP contribution < -0.4 is 5.73 Å². The number of carbonyl (C=O) groups is 2. The van der Waals surface area contributed by atoms with Crippen LogP contribution in [-0.2, 0) is 32.6 Å². The van der Waals surface area contributed by atoms with Crippen LogP contribution in [0.2, 0.25) is 0 Å². The minimum Gasteiger partial charge on any atom is -0.465 e. The Bertz CT molecular complexity index is 1510. The van der Waals surface area contributed by atoms with E-state index >= 15 is 0 Å². The number of benzene rings is 3. The third-order valence-electron chi connectivity index (χ3n) is 8.41. The van der Waals surface area contributed by atoms with E-state index in [-0.39, 0.29) is 17.8 Å². The molecule has 0 bridgehead atoms. The zero-order valence-corrected chi connectivity index (χ0v) is 22.3. The Balaban J connectivity index is 1.26. The molecule has 2 aliphatic rings. The third kappa shape index (κ3) is 4.44. The minimum absolute atomic E-state index is 0.0684. The van der Waals surface area contributed by atoms with Crippen LogP contribution in [0.4, 0.5) is 0 Å². The molecule has 2 aliphatic carbocycles. The summed E-state index contributed by atoms with van der Waals surface area (Å²) in [4.78, 5) is 25.3. The van der Waals surface area contributed by atoms with Gasteiger partial charge in [-0.1, -0.05) is 78.0 Å². The average Bonchev–Trinajstić information content (AvgIpc) is 3.53. The van der Waals surface area contributed by atoms with E-state index in [4.69, 9.17) is 15.0 Å². The van der Waals surface area contributed by atoms with Gasteiger partial charge in [0.25, 0.3) is 0 Å². The van der Waals surface area contributed by atoms with Gasteiger partial charge < -0.3 is 15.0 Å². The van der Waals surface area contributed by atoms with E-state index in [1.54, 1.807) is 0 Å². The maximum atomic E-state index is 12.8.